The summed E-state index contributed by atoms with van der Waals surface area (Å²) in [4.78, 5) is 28.6. The topological polar surface area (TPSA) is 70.5 Å². The molecule has 0 radical (unpaired) electrons. The highest BCUT2D eigenvalue weighted by Crippen LogP contribution is 2.15. The minimum atomic E-state index is 0.0335. The molecule has 3 rings (SSSR count). The maximum Gasteiger partial charge on any atom is 0.253 e. The molecule has 7 nitrogen and oxygen atoms in total. The van der Waals surface area contributed by atoms with Gasteiger partial charge in [0.25, 0.3) is 5.91 Å². The van der Waals surface area contributed by atoms with Crippen LogP contribution in [0.25, 0.3) is 5.69 Å². The first-order chi connectivity index (χ1) is 13.3. The standard InChI is InChI=1S/C21H29N5O2/c1-15(2)22-20(27)14-24-9-11-25(12-10-24)21(28)18-5-7-19(8-6-18)26-17(4)13-16(3)23-26/h5-8,13,15H,9-12,14H2,1-4H3,(H,22,27). The fraction of sp³-hybridized carbons (Fsp3) is 0.476. The number of piperazine rings is 1. The fourth-order valence-electron chi connectivity index (χ4n) is 3.50. The van der Waals surface area contributed by atoms with Crippen molar-refractivity contribution >= 4 is 11.8 Å². The summed E-state index contributed by atoms with van der Waals surface area (Å²) in [6.07, 6.45) is 0. The van der Waals surface area contributed by atoms with E-state index in [2.05, 4.69) is 15.3 Å². The van der Waals surface area contributed by atoms with Crippen molar-refractivity contribution < 1.29 is 9.59 Å². The van der Waals surface area contributed by atoms with Crippen LogP contribution in [0.4, 0.5) is 0 Å². The second-order valence-corrected chi connectivity index (χ2v) is 7.68. The lowest BCUT2D eigenvalue weighted by molar-refractivity contribution is -0.123. The van der Waals surface area contributed by atoms with E-state index >= 15 is 0 Å². The summed E-state index contributed by atoms with van der Waals surface area (Å²) >= 11 is 0. The maximum absolute atomic E-state index is 12.8. The number of benzene rings is 1. The van der Waals surface area contributed by atoms with Gasteiger partial charge in [-0.3, -0.25) is 14.5 Å². The van der Waals surface area contributed by atoms with E-state index in [1.807, 2.05) is 67.6 Å². The number of rotatable bonds is 5. The van der Waals surface area contributed by atoms with Crippen LogP contribution in [-0.2, 0) is 4.79 Å². The number of aromatic nitrogens is 2. The lowest BCUT2D eigenvalue weighted by Gasteiger charge is -2.34. The quantitative estimate of drug-likeness (QED) is 0.854. The van der Waals surface area contributed by atoms with Crippen LogP contribution in [-0.4, -0.2) is 70.2 Å². The molecule has 0 aliphatic carbocycles. The summed E-state index contributed by atoms with van der Waals surface area (Å²) in [5.41, 5.74) is 3.66. The Labute approximate surface area is 166 Å². The predicted octanol–water partition coefficient (Wildman–Crippen LogP) is 1.77. The molecule has 150 valence electrons. The van der Waals surface area contributed by atoms with E-state index in [1.54, 1.807) is 0 Å². The molecule has 1 aliphatic rings. The second kappa shape index (κ2) is 8.56. The van der Waals surface area contributed by atoms with E-state index in [9.17, 15) is 9.59 Å². The van der Waals surface area contributed by atoms with Crippen molar-refractivity contribution in [3.63, 3.8) is 0 Å². The Bertz CT molecular complexity index is 833. The molecular formula is C21H29N5O2. The Balaban J connectivity index is 1.56. The monoisotopic (exact) mass is 383 g/mol. The van der Waals surface area contributed by atoms with Gasteiger partial charge in [-0.2, -0.15) is 5.10 Å². The number of carbonyl (C=O) groups excluding carboxylic acids is 2. The number of carbonyl (C=O) groups is 2. The molecule has 0 spiro atoms. The van der Waals surface area contributed by atoms with E-state index in [-0.39, 0.29) is 17.9 Å². The van der Waals surface area contributed by atoms with E-state index < -0.39 is 0 Å². The van der Waals surface area contributed by atoms with Gasteiger partial charge >= 0.3 is 0 Å². The average molecular weight is 383 g/mol. The van der Waals surface area contributed by atoms with Crippen molar-refractivity contribution in [1.82, 2.24) is 24.9 Å². The fourth-order valence-corrected chi connectivity index (χ4v) is 3.50. The lowest BCUT2D eigenvalue weighted by atomic mass is 10.1. The minimum Gasteiger partial charge on any atom is -0.353 e. The SMILES string of the molecule is Cc1cc(C)n(-c2ccc(C(=O)N3CCN(CC(=O)NC(C)C)CC3)cc2)n1. The number of amides is 2. The Morgan fingerprint density at radius 3 is 2.25 bits per heavy atom. The third-order valence-corrected chi connectivity index (χ3v) is 4.84. The van der Waals surface area contributed by atoms with Crippen LogP contribution in [0.1, 0.15) is 35.6 Å². The largest absolute Gasteiger partial charge is 0.353 e. The van der Waals surface area contributed by atoms with Gasteiger partial charge in [-0.25, -0.2) is 4.68 Å². The average Bonchev–Trinajstić information content (AvgIpc) is 2.99. The summed E-state index contributed by atoms with van der Waals surface area (Å²) in [6.45, 7) is 11.0. The first kappa shape index (κ1) is 20.1. The van der Waals surface area contributed by atoms with Crippen LogP contribution in [0.5, 0.6) is 0 Å². The number of hydrogen-bond acceptors (Lipinski definition) is 4. The molecule has 2 heterocycles. The molecule has 0 saturated carbocycles. The highest BCUT2D eigenvalue weighted by molar-refractivity contribution is 5.94. The lowest BCUT2D eigenvalue weighted by Crippen LogP contribution is -2.51. The van der Waals surface area contributed by atoms with Crippen LogP contribution >= 0.6 is 0 Å². The van der Waals surface area contributed by atoms with Crippen molar-refractivity contribution in [3.8, 4) is 5.69 Å². The van der Waals surface area contributed by atoms with Crippen molar-refractivity contribution in [1.29, 1.82) is 0 Å². The van der Waals surface area contributed by atoms with Gasteiger partial charge in [-0.1, -0.05) is 0 Å². The van der Waals surface area contributed by atoms with Gasteiger partial charge in [0.15, 0.2) is 0 Å². The predicted molar refractivity (Wildman–Crippen MR) is 109 cm³/mol. The van der Waals surface area contributed by atoms with Gasteiger partial charge in [0.05, 0.1) is 17.9 Å². The highest BCUT2D eigenvalue weighted by atomic mass is 16.2. The Morgan fingerprint density at radius 1 is 1.07 bits per heavy atom. The van der Waals surface area contributed by atoms with Crippen molar-refractivity contribution in [2.75, 3.05) is 32.7 Å². The molecule has 1 aliphatic heterocycles. The smallest absolute Gasteiger partial charge is 0.253 e. The summed E-state index contributed by atoms with van der Waals surface area (Å²) < 4.78 is 1.88. The Kier molecular flexibility index (Phi) is 6.14. The number of nitrogens with zero attached hydrogens (tertiary/aromatic N) is 4. The zero-order valence-electron chi connectivity index (χ0n) is 17.1. The zero-order valence-corrected chi connectivity index (χ0v) is 17.1. The van der Waals surface area contributed by atoms with Gasteiger partial charge < -0.3 is 10.2 Å². The molecule has 1 saturated heterocycles. The molecular weight excluding hydrogens is 354 g/mol. The van der Waals surface area contributed by atoms with Crippen LogP contribution in [0.15, 0.2) is 30.3 Å². The van der Waals surface area contributed by atoms with Crippen LogP contribution in [0, 0.1) is 13.8 Å². The maximum atomic E-state index is 12.8. The molecule has 2 amide bonds. The minimum absolute atomic E-state index is 0.0335. The van der Waals surface area contributed by atoms with Gasteiger partial charge in [0.2, 0.25) is 5.91 Å². The van der Waals surface area contributed by atoms with Crippen LogP contribution in [0.2, 0.25) is 0 Å². The van der Waals surface area contributed by atoms with E-state index in [4.69, 9.17) is 0 Å². The Hall–Kier alpha value is -2.67. The van der Waals surface area contributed by atoms with E-state index in [0.717, 1.165) is 17.1 Å². The van der Waals surface area contributed by atoms with E-state index in [1.165, 1.54) is 0 Å². The van der Waals surface area contributed by atoms with Gasteiger partial charge in [-0.15, -0.1) is 0 Å². The molecule has 1 aromatic carbocycles. The van der Waals surface area contributed by atoms with Crippen molar-refractivity contribution in [2.45, 2.75) is 33.7 Å². The first-order valence-electron chi connectivity index (χ1n) is 9.78. The zero-order chi connectivity index (χ0) is 20.3. The van der Waals surface area contributed by atoms with Crippen LogP contribution < -0.4 is 5.32 Å². The summed E-state index contributed by atoms with van der Waals surface area (Å²) in [6, 6.07) is 9.75. The molecule has 28 heavy (non-hydrogen) atoms. The second-order valence-electron chi connectivity index (χ2n) is 7.68. The van der Waals surface area contributed by atoms with Crippen molar-refractivity contribution in [2.24, 2.45) is 0 Å². The summed E-state index contributed by atoms with van der Waals surface area (Å²) in [5, 5.41) is 7.38. The molecule has 0 atom stereocenters. The number of aryl methyl sites for hydroxylation is 2. The Morgan fingerprint density at radius 2 is 1.71 bits per heavy atom. The third-order valence-electron chi connectivity index (χ3n) is 4.84. The van der Waals surface area contributed by atoms with Gasteiger partial charge in [0, 0.05) is 43.5 Å². The molecule has 2 aromatic rings. The molecule has 0 bridgehead atoms. The first-order valence-corrected chi connectivity index (χ1v) is 9.78. The summed E-state index contributed by atoms with van der Waals surface area (Å²) in [5.74, 6) is 0.0701. The van der Waals surface area contributed by atoms with E-state index in [0.29, 0.717) is 38.3 Å². The van der Waals surface area contributed by atoms with Crippen molar-refractivity contribution in [3.05, 3.63) is 47.3 Å². The highest BCUT2D eigenvalue weighted by Gasteiger charge is 2.23. The number of hydrogen-bond donors (Lipinski definition) is 1. The van der Waals surface area contributed by atoms with Crippen LogP contribution in [0.3, 0.4) is 0 Å². The van der Waals surface area contributed by atoms with Gasteiger partial charge in [0.1, 0.15) is 0 Å². The third kappa shape index (κ3) is 4.78. The normalized spacial score (nSPS) is 15.1. The van der Waals surface area contributed by atoms with Gasteiger partial charge in [-0.05, 0) is 58.0 Å². The molecule has 1 aromatic heterocycles. The molecule has 7 heteroatoms. The number of nitrogens with one attached hydrogen (secondary N) is 1. The molecule has 1 N–H and O–H groups in total. The molecule has 0 unspecified atom stereocenters. The summed E-state index contributed by atoms with van der Waals surface area (Å²) in [7, 11) is 0. The molecule has 1 fully saturated rings.